The number of carbonyl (C=O) groups excluding carboxylic acids is 3. The zero-order valence-electron chi connectivity index (χ0n) is 15.6. The van der Waals surface area contributed by atoms with E-state index in [-0.39, 0.29) is 23.8 Å². The second kappa shape index (κ2) is 8.89. The highest BCUT2D eigenvalue weighted by molar-refractivity contribution is 6.30. The van der Waals surface area contributed by atoms with Crippen LogP contribution in [-0.2, 0) is 4.79 Å². The standard InChI is InChI=1S/C21H22ClN3O3/c1-14(26)23-19-7-3-4-15(13-19)20(27)24-18-8-10-25(11-9-18)21(28)16-5-2-6-17(22)12-16/h2-7,12-13,18H,8-11H2,1H3,(H,23,26)(H,24,27). The third-order valence-corrected chi connectivity index (χ3v) is 4.87. The first-order chi connectivity index (χ1) is 13.4. The van der Waals surface area contributed by atoms with Crippen molar-refractivity contribution in [3.8, 4) is 0 Å². The predicted molar refractivity (Wildman–Crippen MR) is 109 cm³/mol. The summed E-state index contributed by atoms with van der Waals surface area (Å²) >= 11 is 5.96. The van der Waals surface area contributed by atoms with Crippen LogP contribution in [0.4, 0.5) is 5.69 Å². The fourth-order valence-corrected chi connectivity index (χ4v) is 3.43. The Balaban J connectivity index is 1.55. The number of carbonyl (C=O) groups is 3. The van der Waals surface area contributed by atoms with Gasteiger partial charge in [0.2, 0.25) is 5.91 Å². The van der Waals surface area contributed by atoms with Gasteiger partial charge in [0.05, 0.1) is 0 Å². The minimum atomic E-state index is -0.188. The van der Waals surface area contributed by atoms with Gasteiger partial charge in [-0.15, -0.1) is 0 Å². The maximum absolute atomic E-state index is 12.6. The molecule has 0 aliphatic carbocycles. The van der Waals surface area contributed by atoms with Crippen molar-refractivity contribution in [3.05, 3.63) is 64.7 Å². The van der Waals surface area contributed by atoms with Gasteiger partial charge in [0.15, 0.2) is 0 Å². The van der Waals surface area contributed by atoms with Crippen LogP contribution < -0.4 is 10.6 Å². The van der Waals surface area contributed by atoms with Crippen molar-refractivity contribution >= 4 is 35.0 Å². The molecule has 1 aliphatic heterocycles. The maximum atomic E-state index is 12.6. The van der Waals surface area contributed by atoms with Crippen LogP contribution in [0.15, 0.2) is 48.5 Å². The molecule has 0 radical (unpaired) electrons. The largest absolute Gasteiger partial charge is 0.349 e. The fraction of sp³-hybridized carbons (Fsp3) is 0.286. The highest BCUT2D eigenvalue weighted by Gasteiger charge is 2.25. The smallest absolute Gasteiger partial charge is 0.253 e. The molecule has 146 valence electrons. The Morgan fingerprint density at radius 1 is 1.00 bits per heavy atom. The Hall–Kier alpha value is -2.86. The minimum Gasteiger partial charge on any atom is -0.349 e. The molecule has 2 aromatic carbocycles. The van der Waals surface area contributed by atoms with Crippen molar-refractivity contribution in [1.29, 1.82) is 0 Å². The lowest BCUT2D eigenvalue weighted by molar-refractivity contribution is -0.114. The van der Waals surface area contributed by atoms with E-state index in [9.17, 15) is 14.4 Å². The molecule has 1 aliphatic rings. The number of hydrogen-bond acceptors (Lipinski definition) is 3. The Morgan fingerprint density at radius 3 is 2.36 bits per heavy atom. The molecule has 0 aromatic heterocycles. The van der Waals surface area contributed by atoms with Crippen LogP contribution in [0.25, 0.3) is 0 Å². The number of anilines is 1. The van der Waals surface area contributed by atoms with Gasteiger partial charge in [-0.05, 0) is 49.2 Å². The minimum absolute atomic E-state index is 0.000309. The van der Waals surface area contributed by atoms with E-state index >= 15 is 0 Å². The molecular weight excluding hydrogens is 378 g/mol. The average molecular weight is 400 g/mol. The van der Waals surface area contributed by atoms with Gasteiger partial charge in [0.25, 0.3) is 11.8 Å². The zero-order chi connectivity index (χ0) is 20.1. The molecule has 3 amide bonds. The van der Waals surface area contributed by atoms with Gasteiger partial charge >= 0.3 is 0 Å². The number of amides is 3. The van der Waals surface area contributed by atoms with Gasteiger partial charge in [0.1, 0.15) is 0 Å². The van der Waals surface area contributed by atoms with Crippen molar-refractivity contribution in [2.75, 3.05) is 18.4 Å². The zero-order valence-corrected chi connectivity index (χ0v) is 16.3. The van der Waals surface area contributed by atoms with Crippen LogP contribution >= 0.6 is 11.6 Å². The Morgan fingerprint density at radius 2 is 1.68 bits per heavy atom. The first-order valence-electron chi connectivity index (χ1n) is 9.16. The molecule has 28 heavy (non-hydrogen) atoms. The molecule has 3 rings (SSSR count). The summed E-state index contributed by atoms with van der Waals surface area (Å²) in [5.74, 6) is -0.420. The Bertz CT molecular complexity index is 892. The SMILES string of the molecule is CC(=O)Nc1cccc(C(=O)NC2CCN(C(=O)c3cccc(Cl)c3)CC2)c1. The average Bonchev–Trinajstić information content (AvgIpc) is 2.68. The summed E-state index contributed by atoms with van der Waals surface area (Å²) < 4.78 is 0. The highest BCUT2D eigenvalue weighted by atomic mass is 35.5. The van der Waals surface area contributed by atoms with Gasteiger partial charge in [-0.3, -0.25) is 14.4 Å². The molecule has 0 bridgehead atoms. The second-order valence-corrected chi connectivity index (χ2v) is 7.25. The van der Waals surface area contributed by atoms with Crippen molar-refractivity contribution < 1.29 is 14.4 Å². The molecule has 7 heteroatoms. The lowest BCUT2D eigenvalue weighted by atomic mass is 10.0. The third kappa shape index (κ3) is 5.10. The van der Waals surface area contributed by atoms with E-state index in [1.165, 1.54) is 6.92 Å². The first-order valence-corrected chi connectivity index (χ1v) is 9.53. The predicted octanol–water partition coefficient (Wildman–Crippen LogP) is 3.33. The molecule has 2 N–H and O–H groups in total. The van der Waals surface area contributed by atoms with Crippen LogP contribution in [0.2, 0.25) is 5.02 Å². The lowest BCUT2D eigenvalue weighted by Gasteiger charge is -2.32. The second-order valence-electron chi connectivity index (χ2n) is 6.81. The summed E-state index contributed by atoms with van der Waals surface area (Å²) in [6.45, 7) is 2.57. The van der Waals surface area contributed by atoms with Gasteiger partial charge in [-0.25, -0.2) is 0 Å². The van der Waals surface area contributed by atoms with Crippen LogP contribution in [0.5, 0.6) is 0 Å². The van der Waals surface area contributed by atoms with E-state index in [1.54, 1.807) is 53.4 Å². The topological polar surface area (TPSA) is 78.5 Å². The van der Waals surface area contributed by atoms with E-state index < -0.39 is 0 Å². The molecule has 1 saturated heterocycles. The molecule has 6 nitrogen and oxygen atoms in total. The number of likely N-dealkylation sites (tertiary alicyclic amines) is 1. The molecule has 0 unspecified atom stereocenters. The molecule has 0 atom stereocenters. The van der Waals surface area contributed by atoms with Crippen LogP contribution in [-0.4, -0.2) is 41.8 Å². The van der Waals surface area contributed by atoms with Gasteiger partial charge in [-0.1, -0.05) is 23.7 Å². The van der Waals surface area contributed by atoms with E-state index in [4.69, 9.17) is 11.6 Å². The summed E-state index contributed by atoms with van der Waals surface area (Å²) in [4.78, 5) is 38.0. The molecule has 2 aromatic rings. The summed E-state index contributed by atoms with van der Waals surface area (Å²) in [6.07, 6.45) is 1.37. The van der Waals surface area contributed by atoms with Crippen molar-refractivity contribution in [1.82, 2.24) is 10.2 Å². The van der Waals surface area contributed by atoms with E-state index in [0.717, 1.165) is 0 Å². The number of piperidine rings is 1. The summed E-state index contributed by atoms with van der Waals surface area (Å²) in [5, 5.41) is 6.22. The maximum Gasteiger partial charge on any atom is 0.253 e. The summed E-state index contributed by atoms with van der Waals surface area (Å²) in [5.41, 5.74) is 1.65. The van der Waals surface area contributed by atoms with E-state index in [1.807, 2.05) is 0 Å². The number of benzene rings is 2. The van der Waals surface area contributed by atoms with Crippen molar-refractivity contribution in [3.63, 3.8) is 0 Å². The van der Waals surface area contributed by atoms with E-state index in [0.29, 0.717) is 47.8 Å². The number of hydrogen-bond donors (Lipinski definition) is 2. The molecular formula is C21H22ClN3O3. The Kier molecular flexibility index (Phi) is 6.31. The van der Waals surface area contributed by atoms with Gasteiger partial charge in [0, 0.05) is 47.9 Å². The molecule has 0 saturated carbocycles. The van der Waals surface area contributed by atoms with Crippen LogP contribution in [0.3, 0.4) is 0 Å². The first kappa shape index (κ1) is 19.9. The van der Waals surface area contributed by atoms with Crippen molar-refractivity contribution in [2.45, 2.75) is 25.8 Å². The number of rotatable bonds is 4. The molecule has 1 heterocycles. The monoisotopic (exact) mass is 399 g/mol. The molecule has 1 fully saturated rings. The van der Waals surface area contributed by atoms with Gasteiger partial charge < -0.3 is 15.5 Å². The third-order valence-electron chi connectivity index (χ3n) is 4.63. The van der Waals surface area contributed by atoms with Crippen LogP contribution in [0, 0.1) is 0 Å². The normalized spacial score (nSPS) is 14.4. The summed E-state index contributed by atoms with van der Waals surface area (Å²) in [7, 11) is 0. The number of nitrogens with one attached hydrogen (secondary N) is 2. The van der Waals surface area contributed by atoms with Crippen LogP contribution in [0.1, 0.15) is 40.5 Å². The van der Waals surface area contributed by atoms with E-state index in [2.05, 4.69) is 10.6 Å². The lowest BCUT2D eigenvalue weighted by Crippen LogP contribution is -2.46. The number of nitrogens with zero attached hydrogens (tertiary/aromatic N) is 1. The quantitative estimate of drug-likeness (QED) is 0.827. The Labute approximate surface area is 168 Å². The summed E-state index contributed by atoms with van der Waals surface area (Å²) in [6, 6.07) is 13.7. The fourth-order valence-electron chi connectivity index (χ4n) is 3.24. The van der Waals surface area contributed by atoms with Gasteiger partial charge in [-0.2, -0.15) is 0 Å². The van der Waals surface area contributed by atoms with Crippen molar-refractivity contribution in [2.24, 2.45) is 0 Å². The molecule has 0 spiro atoms. The highest BCUT2D eigenvalue weighted by Crippen LogP contribution is 2.18. The number of halogens is 1.